The molecule has 0 aliphatic rings. The molecule has 0 amide bonds. The van der Waals surface area contributed by atoms with Crippen LogP contribution in [0.25, 0.3) is 11.1 Å². The van der Waals surface area contributed by atoms with Gasteiger partial charge in [0, 0.05) is 0 Å². The molecule has 1 N–H and O–H groups in total. The van der Waals surface area contributed by atoms with E-state index in [0.717, 1.165) is 11.6 Å². The van der Waals surface area contributed by atoms with Crippen molar-refractivity contribution >= 4 is 5.97 Å². The van der Waals surface area contributed by atoms with Crippen molar-refractivity contribution in [1.82, 2.24) is 0 Å². The number of carbonyl (C=O) groups excluding carboxylic acids is 1. The Morgan fingerprint density at radius 2 is 1.89 bits per heavy atom. The minimum Gasteiger partial charge on any atom is -0.508 e. The number of esters is 1. The molecule has 0 spiro atoms. The fraction of sp³-hybridized carbons (Fsp3) is 0.133. The van der Waals surface area contributed by atoms with Crippen LogP contribution < -0.4 is 0 Å². The summed E-state index contributed by atoms with van der Waals surface area (Å²) in [4.78, 5) is 11.4. The average molecular weight is 260 g/mol. The second-order valence-corrected chi connectivity index (χ2v) is 4.22. The standard InChI is InChI=1S/C15H13FO3/c1-9-3-4-10(8-14(9)17)11-5-12(15(18)19-2)7-13(16)6-11/h3-8,17H,1-2H3. The van der Waals surface area contributed by atoms with E-state index in [0.29, 0.717) is 11.1 Å². The third-order valence-electron chi connectivity index (χ3n) is 2.86. The molecule has 0 radical (unpaired) electrons. The summed E-state index contributed by atoms with van der Waals surface area (Å²) in [7, 11) is 1.24. The topological polar surface area (TPSA) is 46.5 Å². The first-order valence-electron chi connectivity index (χ1n) is 5.70. The molecule has 2 aromatic rings. The lowest BCUT2D eigenvalue weighted by atomic mass is 10.0. The average Bonchev–Trinajstić information content (AvgIpc) is 2.40. The quantitative estimate of drug-likeness (QED) is 0.843. The van der Waals surface area contributed by atoms with Crippen LogP contribution in [0.15, 0.2) is 36.4 Å². The normalized spacial score (nSPS) is 10.3. The molecule has 0 atom stereocenters. The molecule has 0 aliphatic carbocycles. The smallest absolute Gasteiger partial charge is 0.337 e. The molecule has 0 fully saturated rings. The summed E-state index contributed by atoms with van der Waals surface area (Å²) in [5.41, 5.74) is 2.01. The lowest BCUT2D eigenvalue weighted by Gasteiger charge is -2.07. The summed E-state index contributed by atoms with van der Waals surface area (Å²) in [6.45, 7) is 1.77. The minimum absolute atomic E-state index is 0.126. The van der Waals surface area contributed by atoms with Gasteiger partial charge >= 0.3 is 5.97 Å². The van der Waals surface area contributed by atoms with Crippen LogP contribution in [0.5, 0.6) is 5.75 Å². The van der Waals surface area contributed by atoms with Gasteiger partial charge in [-0.05, 0) is 47.9 Å². The lowest BCUT2D eigenvalue weighted by Crippen LogP contribution is -2.02. The highest BCUT2D eigenvalue weighted by Gasteiger charge is 2.10. The van der Waals surface area contributed by atoms with E-state index in [2.05, 4.69) is 4.74 Å². The van der Waals surface area contributed by atoms with Gasteiger partial charge in [0.25, 0.3) is 0 Å². The van der Waals surface area contributed by atoms with Crippen LogP contribution >= 0.6 is 0 Å². The van der Waals surface area contributed by atoms with E-state index >= 15 is 0 Å². The number of halogens is 1. The zero-order valence-corrected chi connectivity index (χ0v) is 10.6. The first kappa shape index (κ1) is 13.1. The predicted octanol–water partition coefficient (Wildman–Crippen LogP) is 3.29. The fourth-order valence-corrected chi connectivity index (χ4v) is 1.78. The van der Waals surface area contributed by atoms with Crippen molar-refractivity contribution in [2.24, 2.45) is 0 Å². The number of aromatic hydroxyl groups is 1. The summed E-state index contributed by atoms with van der Waals surface area (Å²) >= 11 is 0. The van der Waals surface area contributed by atoms with Crippen LogP contribution in [0.2, 0.25) is 0 Å². The van der Waals surface area contributed by atoms with E-state index in [1.165, 1.54) is 25.3 Å². The number of phenols is 1. The monoisotopic (exact) mass is 260 g/mol. The van der Waals surface area contributed by atoms with Crippen molar-refractivity contribution in [2.75, 3.05) is 7.11 Å². The number of carbonyl (C=O) groups is 1. The fourth-order valence-electron chi connectivity index (χ4n) is 1.78. The highest BCUT2D eigenvalue weighted by Crippen LogP contribution is 2.27. The van der Waals surface area contributed by atoms with Crippen LogP contribution in [0, 0.1) is 12.7 Å². The van der Waals surface area contributed by atoms with Crippen molar-refractivity contribution in [3.63, 3.8) is 0 Å². The molecule has 98 valence electrons. The van der Waals surface area contributed by atoms with Gasteiger partial charge in [-0.1, -0.05) is 12.1 Å². The van der Waals surface area contributed by atoms with E-state index in [9.17, 15) is 14.3 Å². The molecule has 0 aromatic heterocycles. The maximum atomic E-state index is 13.5. The van der Waals surface area contributed by atoms with Gasteiger partial charge in [-0.3, -0.25) is 0 Å². The highest BCUT2D eigenvalue weighted by atomic mass is 19.1. The Kier molecular flexibility index (Phi) is 3.51. The first-order valence-corrected chi connectivity index (χ1v) is 5.70. The maximum Gasteiger partial charge on any atom is 0.337 e. The Morgan fingerprint density at radius 1 is 1.16 bits per heavy atom. The largest absolute Gasteiger partial charge is 0.508 e. The van der Waals surface area contributed by atoms with Crippen LogP contribution in [0.4, 0.5) is 4.39 Å². The number of hydrogen-bond acceptors (Lipinski definition) is 3. The molecule has 0 bridgehead atoms. The van der Waals surface area contributed by atoms with Gasteiger partial charge in [0.1, 0.15) is 11.6 Å². The molecule has 3 nitrogen and oxygen atoms in total. The first-order chi connectivity index (χ1) is 9.01. The van der Waals surface area contributed by atoms with Crippen molar-refractivity contribution in [1.29, 1.82) is 0 Å². The molecule has 0 saturated heterocycles. The Balaban J connectivity index is 2.52. The van der Waals surface area contributed by atoms with Gasteiger partial charge in [0.15, 0.2) is 0 Å². The number of hydrogen-bond donors (Lipinski definition) is 1. The third kappa shape index (κ3) is 2.73. The highest BCUT2D eigenvalue weighted by molar-refractivity contribution is 5.91. The molecule has 0 unspecified atom stereocenters. The van der Waals surface area contributed by atoms with Crippen molar-refractivity contribution < 1.29 is 19.0 Å². The van der Waals surface area contributed by atoms with Gasteiger partial charge in [0.05, 0.1) is 12.7 Å². The van der Waals surface area contributed by atoms with Crippen LogP contribution in [0.1, 0.15) is 15.9 Å². The van der Waals surface area contributed by atoms with Gasteiger partial charge in [-0.2, -0.15) is 0 Å². The maximum absolute atomic E-state index is 13.5. The number of ether oxygens (including phenoxy) is 1. The molecule has 19 heavy (non-hydrogen) atoms. The number of phenolic OH excluding ortho intramolecular Hbond substituents is 1. The molecule has 0 heterocycles. The van der Waals surface area contributed by atoms with Crippen molar-refractivity contribution in [3.05, 3.63) is 53.3 Å². The molecule has 0 saturated carbocycles. The number of benzene rings is 2. The second-order valence-electron chi connectivity index (χ2n) is 4.22. The van der Waals surface area contributed by atoms with Crippen molar-refractivity contribution in [3.8, 4) is 16.9 Å². The Hall–Kier alpha value is -2.36. The summed E-state index contributed by atoms with van der Waals surface area (Å²) < 4.78 is 18.1. The molecular weight excluding hydrogens is 247 g/mol. The van der Waals surface area contributed by atoms with Crippen LogP contribution in [-0.2, 0) is 4.74 Å². The Labute approximate surface area is 110 Å². The lowest BCUT2D eigenvalue weighted by molar-refractivity contribution is 0.0600. The molecule has 2 aromatic carbocycles. The van der Waals surface area contributed by atoms with E-state index in [1.807, 2.05) is 0 Å². The van der Waals surface area contributed by atoms with Gasteiger partial charge in [-0.25, -0.2) is 9.18 Å². The predicted molar refractivity (Wildman–Crippen MR) is 69.6 cm³/mol. The van der Waals surface area contributed by atoms with E-state index in [4.69, 9.17) is 0 Å². The molecule has 4 heteroatoms. The third-order valence-corrected chi connectivity index (χ3v) is 2.86. The zero-order valence-electron chi connectivity index (χ0n) is 10.6. The molecule has 0 aliphatic heterocycles. The van der Waals surface area contributed by atoms with Gasteiger partial charge < -0.3 is 9.84 Å². The van der Waals surface area contributed by atoms with Crippen LogP contribution in [-0.4, -0.2) is 18.2 Å². The summed E-state index contributed by atoms with van der Waals surface area (Å²) in [5.74, 6) is -1.00. The van der Waals surface area contributed by atoms with Gasteiger partial charge in [-0.15, -0.1) is 0 Å². The van der Waals surface area contributed by atoms with E-state index in [-0.39, 0.29) is 11.3 Å². The molecular formula is C15H13FO3. The number of methoxy groups -OCH3 is 1. The van der Waals surface area contributed by atoms with Crippen molar-refractivity contribution in [2.45, 2.75) is 6.92 Å². The second kappa shape index (κ2) is 5.10. The summed E-state index contributed by atoms with van der Waals surface area (Å²) in [6, 6.07) is 8.96. The summed E-state index contributed by atoms with van der Waals surface area (Å²) in [5, 5.41) is 9.67. The summed E-state index contributed by atoms with van der Waals surface area (Å²) in [6.07, 6.45) is 0. The Morgan fingerprint density at radius 3 is 2.53 bits per heavy atom. The van der Waals surface area contributed by atoms with E-state index in [1.54, 1.807) is 19.1 Å². The number of aryl methyl sites for hydroxylation is 1. The SMILES string of the molecule is COC(=O)c1cc(F)cc(-c2ccc(C)c(O)c2)c1. The molecule has 2 rings (SSSR count). The van der Waals surface area contributed by atoms with Gasteiger partial charge in [0.2, 0.25) is 0 Å². The zero-order chi connectivity index (χ0) is 14.0. The Bertz CT molecular complexity index is 635. The minimum atomic E-state index is -0.600. The van der Waals surface area contributed by atoms with E-state index < -0.39 is 11.8 Å². The van der Waals surface area contributed by atoms with Crippen LogP contribution in [0.3, 0.4) is 0 Å². The number of rotatable bonds is 2.